The summed E-state index contributed by atoms with van der Waals surface area (Å²) in [5.74, 6) is -0.0341. The lowest BCUT2D eigenvalue weighted by Gasteiger charge is -2.05. The molecule has 1 aromatic carbocycles. The van der Waals surface area contributed by atoms with E-state index in [-0.39, 0.29) is 5.91 Å². The number of carbonyl (C=O) groups excluding carboxylic acids is 1. The molecule has 1 heterocycles. The van der Waals surface area contributed by atoms with Gasteiger partial charge >= 0.3 is 0 Å². The van der Waals surface area contributed by atoms with Crippen molar-refractivity contribution in [2.45, 2.75) is 6.42 Å². The molecule has 0 aliphatic rings. The van der Waals surface area contributed by atoms with E-state index in [9.17, 15) is 4.79 Å². The molecule has 1 aromatic heterocycles. The SMILES string of the molecule is CNc1ccc(C(=O)NCCc2cc[nH]c2)cc1. The van der Waals surface area contributed by atoms with E-state index in [0.29, 0.717) is 12.1 Å². The zero-order valence-electron chi connectivity index (χ0n) is 10.4. The summed E-state index contributed by atoms with van der Waals surface area (Å²) in [6.07, 6.45) is 4.66. The molecular weight excluding hydrogens is 226 g/mol. The maximum atomic E-state index is 11.8. The molecule has 3 N–H and O–H groups in total. The molecule has 0 saturated carbocycles. The third-order valence-corrected chi connectivity index (χ3v) is 2.80. The standard InChI is InChI=1S/C14H17N3O/c1-15-13-4-2-12(3-5-13)14(18)17-9-7-11-6-8-16-10-11/h2-6,8,10,15-16H,7,9H2,1H3,(H,17,18). The van der Waals surface area contributed by atoms with Gasteiger partial charge in [0.1, 0.15) is 0 Å². The highest BCUT2D eigenvalue weighted by Gasteiger charge is 2.04. The monoisotopic (exact) mass is 243 g/mol. The van der Waals surface area contributed by atoms with Crippen LogP contribution in [-0.4, -0.2) is 24.5 Å². The maximum absolute atomic E-state index is 11.8. The highest BCUT2D eigenvalue weighted by Crippen LogP contribution is 2.08. The summed E-state index contributed by atoms with van der Waals surface area (Å²) >= 11 is 0. The molecule has 0 aliphatic heterocycles. The van der Waals surface area contributed by atoms with Crippen LogP contribution in [0.5, 0.6) is 0 Å². The van der Waals surface area contributed by atoms with Crippen molar-refractivity contribution in [3.8, 4) is 0 Å². The Hall–Kier alpha value is -2.23. The van der Waals surface area contributed by atoms with Crippen molar-refractivity contribution in [1.29, 1.82) is 0 Å². The van der Waals surface area contributed by atoms with Crippen LogP contribution in [0.1, 0.15) is 15.9 Å². The predicted octanol–water partition coefficient (Wildman–Crippen LogP) is 2.03. The van der Waals surface area contributed by atoms with E-state index < -0.39 is 0 Å². The fourth-order valence-corrected chi connectivity index (χ4v) is 1.72. The lowest BCUT2D eigenvalue weighted by atomic mass is 10.2. The van der Waals surface area contributed by atoms with E-state index >= 15 is 0 Å². The van der Waals surface area contributed by atoms with E-state index in [1.54, 1.807) is 0 Å². The summed E-state index contributed by atoms with van der Waals surface area (Å²) in [4.78, 5) is 14.8. The number of anilines is 1. The maximum Gasteiger partial charge on any atom is 0.251 e. The molecule has 0 aliphatic carbocycles. The second kappa shape index (κ2) is 5.91. The average Bonchev–Trinajstić information content (AvgIpc) is 2.92. The smallest absolute Gasteiger partial charge is 0.251 e. The molecule has 2 aromatic rings. The van der Waals surface area contributed by atoms with E-state index in [1.807, 2.05) is 49.8 Å². The second-order valence-electron chi connectivity index (χ2n) is 4.05. The van der Waals surface area contributed by atoms with Crippen molar-refractivity contribution in [3.63, 3.8) is 0 Å². The summed E-state index contributed by atoms with van der Waals surface area (Å²) in [6, 6.07) is 9.42. The van der Waals surface area contributed by atoms with Gasteiger partial charge in [-0.05, 0) is 42.3 Å². The molecule has 18 heavy (non-hydrogen) atoms. The van der Waals surface area contributed by atoms with Crippen LogP contribution in [0.25, 0.3) is 0 Å². The molecular formula is C14H17N3O. The molecule has 4 heteroatoms. The highest BCUT2D eigenvalue weighted by atomic mass is 16.1. The van der Waals surface area contributed by atoms with Gasteiger partial charge in [0.05, 0.1) is 0 Å². The second-order valence-corrected chi connectivity index (χ2v) is 4.05. The molecule has 0 atom stereocenters. The number of hydrogen-bond acceptors (Lipinski definition) is 2. The van der Waals surface area contributed by atoms with Crippen LogP contribution >= 0.6 is 0 Å². The van der Waals surface area contributed by atoms with Crippen LogP contribution in [-0.2, 0) is 6.42 Å². The molecule has 94 valence electrons. The Morgan fingerprint density at radius 2 is 2.00 bits per heavy atom. The van der Waals surface area contributed by atoms with Gasteiger partial charge in [0.15, 0.2) is 0 Å². The first-order valence-corrected chi connectivity index (χ1v) is 5.97. The number of amides is 1. The third-order valence-electron chi connectivity index (χ3n) is 2.80. The first-order valence-electron chi connectivity index (χ1n) is 5.97. The van der Waals surface area contributed by atoms with Crippen molar-refractivity contribution < 1.29 is 4.79 Å². The molecule has 0 radical (unpaired) electrons. The zero-order chi connectivity index (χ0) is 12.8. The quantitative estimate of drug-likeness (QED) is 0.752. The first kappa shape index (κ1) is 12.2. The van der Waals surface area contributed by atoms with Crippen LogP contribution in [0.15, 0.2) is 42.7 Å². The van der Waals surface area contributed by atoms with Crippen LogP contribution in [0.2, 0.25) is 0 Å². The van der Waals surface area contributed by atoms with E-state index in [0.717, 1.165) is 12.1 Å². The van der Waals surface area contributed by atoms with E-state index in [1.165, 1.54) is 5.56 Å². The van der Waals surface area contributed by atoms with Gasteiger partial charge in [-0.15, -0.1) is 0 Å². The van der Waals surface area contributed by atoms with Gasteiger partial charge in [0.2, 0.25) is 0 Å². The number of aromatic nitrogens is 1. The van der Waals surface area contributed by atoms with Gasteiger partial charge in [-0.3, -0.25) is 4.79 Å². The summed E-state index contributed by atoms with van der Waals surface area (Å²) in [5, 5.41) is 5.92. The number of carbonyl (C=O) groups is 1. The van der Waals surface area contributed by atoms with Crippen LogP contribution in [0.4, 0.5) is 5.69 Å². The average molecular weight is 243 g/mol. The summed E-state index contributed by atoms with van der Waals surface area (Å²) in [6.45, 7) is 0.643. The Balaban J connectivity index is 1.83. The molecule has 1 amide bonds. The lowest BCUT2D eigenvalue weighted by Crippen LogP contribution is -2.25. The molecule has 0 saturated heterocycles. The van der Waals surface area contributed by atoms with E-state index in [2.05, 4.69) is 15.6 Å². The molecule has 0 spiro atoms. The fraction of sp³-hybridized carbons (Fsp3) is 0.214. The first-order chi connectivity index (χ1) is 8.79. The zero-order valence-corrected chi connectivity index (χ0v) is 10.4. The number of hydrogen-bond donors (Lipinski definition) is 3. The van der Waals surface area contributed by atoms with Gasteiger partial charge in [-0.25, -0.2) is 0 Å². The number of nitrogens with one attached hydrogen (secondary N) is 3. The number of rotatable bonds is 5. The molecule has 4 nitrogen and oxygen atoms in total. The van der Waals surface area contributed by atoms with E-state index in [4.69, 9.17) is 0 Å². The Bertz CT molecular complexity index is 488. The fourth-order valence-electron chi connectivity index (χ4n) is 1.72. The molecule has 0 bridgehead atoms. The minimum Gasteiger partial charge on any atom is -0.388 e. The Morgan fingerprint density at radius 3 is 2.61 bits per heavy atom. The minimum atomic E-state index is -0.0341. The topological polar surface area (TPSA) is 56.9 Å². The summed E-state index contributed by atoms with van der Waals surface area (Å²) in [5.41, 5.74) is 2.88. The Kier molecular flexibility index (Phi) is 4.02. The Labute approximate surface area is 106 Å². The van der Waals surface area contributed by atoms with Gasteiger partial charge in [0.25, 0.3) is 5.91 Å². The Morgan fingerprint density at radius 1 is 1.22 bits per heavy atom. The number of aromatic amines is 1. The normalized spacial score (nSPS) is 10.1. The van der Waals surface area contributed by atoms with Crippen molar-refractivity contribution in [2.24, 2.45) is 0 Å². The van der Waals surface area contributed by atoms with Crippen LogP contribution in [0.3, 0.4) is 0 Å². The van der Waals surface area contributed by atoms with Crippen LogP contribution < -0.4 is 10.6 Å². The van der Waals surface area contributed by atoms with Crippen molar-refractivity contribution >= 4 is 11.6 Å². The molecule has 2 rings (SSSR count). The lowest BCUT2D eigenvalue weighted by molar-refractivity contribution is 0.0954. The largest absolute Gasteiger partial charge is 0.388 e. The van der Waals surface area contributed by atoms with Gasteiger partial charge in [-0.1, -0.05) is 0 Å². The summed E-state index contributed by atoms with van der Waals surface area (Å²) < 4.78 is 0. The van der Waals surface area contributed by atoms with Crippen LogP contribution in [0, 0.1) is 0 Å². The van der Waals surface area contributed by atoms with Crippen molar-refractivity contribution in [3.05, 3.63) is 53.9 Å². The van der Waals surface area contributed by atoms with Crippen molar-refractivity contribution in [2.75, 3.05) is 18.9 Å². The van der Waals surface area contributed by atoms with Gasteiger partial charge in [-0.2, -0.15) is 0 Å². The molecule has 0 unspecified atom stereocenters. The molecule has 0 fully saturated rings. The van der Waals surface area contributed by atoms with Gasteiger partial charge < -0.3 is 15.6 Å². The number of benzene rings is 1. The van der Waals surface area contributed by atoms with Crippen molar-refractivity contribution in [1.82, 2.24) is 10.3 Å². The summed E-state index contributed by atoms with van der Waals surface area (Å²) in [7, 11) is 1.85. The number of H-pyrrole nitrogens is 1. The minimum absolute atomic E-state index is 0.0341. The predicted molar refractivity (Wildman–Crippen MR) is 72.8 cm³/mol. The van der Waals surface area contributed by atoms with Gasteiger partial charge in [0, 0.05) is 37.2 Å². The highest BCUT2D eigenvalue weighted by molar-refractivity contribution is 5.94. The third kappa shape index (κ3) is 3.13.